The lowest BCUT2D eigenvalue weighted by atomic mass is 10.3. The van der Waals surface area contributed by atoms with Crippen molar-refractivity contribution < 1.29 is 15.0 Å². The van der Waals surface area contributed by atoms with Gasteiger partial charge < -0.3 is 10.2 Å². The van der Waals surface area contributed by atoms with Crippen LogP contribution in [0.15, 0.2) is 11.4 Å². The van der Waals surface area contributed by atoms with Gasteiger partial charge in [0.1, 0.15) is 11.0 Å². The first-order valence-corrected chi connectivity index (χ1v) is 4.49. The Bertz CT molecular complexity index is 368. The lowest BCUT2D eigenvalue weighted by Gasteiger charge is -1.85. The Morgan fingerprint density at radius 2 is 2.38 bits per heavy atom. The molecule has 0 spiro atoms. The maximum absolute atomic E-state index is 10.5. The molecule has 0 radical (unpaired) electrons. The summed E-state index contributed by atoms with van der Waals surface area (Å²) >= 11 is 1.13. The number of carboxylic acids is 1. The fourth-order valence-electron chi connectivity index (χ4n) is 0.702. The van der Waals surface area contributed by atoms with E-state index in [0.717, 1.165) is 11.3 Å². The van der Waals surface area contributed by atoms with Gasteiger partial charge in [0.15, 0.2) is 0 Å². The van der Waals surface area contributed by atoms with E-state index >= 15 is 0 Å². The number of carbonyl (C=O) groups is 1. The molecule has 0 saturated carbocycles. The van der Waals surface area contributed by atoms with Crippen molar-refractivity contribution in [2.24, 2.45) is 0 Å². The lowest BCUT2D eigenvalue weighted by molar-refractivity contribution is 0.0702. The van der Waals surface area contributed by atoms with E-state index in [1.165, 1.54) is 6.07 Å². The molecule has 0 aliphatic heterocycles. The van der Waals surface area contributed by atoms with Crippen molar-refractivity contribution in [3.63, 3.8) is 0 Å². The third kappa shape index (κ3) is 2.90. The summed E-state index contributed by atoms with van der Waals surface area (Å²) < 4.78 is 0. The average Bonchev–Trinajstić information content (AvgIpc) is 2.48. The molecule has 0 aromatic carbocycles. The monoisotopic (exact) mass is 196 g/mol. The molecule has 1 aromatic rings. The van der Waals surface area contributed by atoms with Gasteiger partial charge in [-0.15, -0.1) is 11.3 Å². The van der Waals surface area contributed by atoms with Crippen LogP contribution < -0.4 is 0 Å². The Balaban J connectivity index is 2.83. The van der Waals surface area contributed by atoms with Crippen molar-refractivity contribution in [2.45, 2.75) is 13.0 Å². The summed E-state index contributed by atoms with van der Waals surface area (Å²) in [5.41, 5.74) is 0.628. The second-order valence-electron chi connectivity index (χ2n) is 2.45. The topological polar surface area (TPSA) is 57.5 Å². The average molecular weight is 196 g/mol. The molecule has 3 nitrogen and oxygen atoms in total. The highest BCUT2D eigenvalue weighted by Crippen LogP contribution is 2.13. The summed E-state index contributed by atoms with van der Waals surface area (Å²) in [5, 5.41) is 19.1. The predicted molar refractivity (Wildman–Crippen MR) is 49.8 cm³/mol. The summed E-state index contributed by atoms with van der Waals surface area (Å²) in [7, 11) is 0. The molecule has 0 aliphatic carbocycles. The fraction of sp³-hybridized carbons (Fsp3) is 0.222. The van der Waals surface area contributed by atoms with Crippen molar-refractivity contribution in [2.75, 3.05) is 0 Å². The third-order valence-electron chi connectivity index (χ3n) is 1.24. The second kappa shape index (κ2) is 4.08. The van der Waals surface area contributed by atoms with Gasteiger partial charge in [0.2, 0.25) is 0 Å². The highest BCUT2D eigenvalue weighted by molar-refractivity contribution is 7.12. The molecule has 1 atom stereocenters. The molecule has 1 rings (SSSR count). The standard InChI is InChI=1S/C9H8O3S/c1-6(10)2-3-7-4-8(9(11)12)13-5-7/h4-6,10H,1H3,(H,11,12)/t6-/m1/s1. The quantitative estimate of drug-likeness (QED) is 0.663. The summed E-state index contributed by atoms with van der Waals surface area (Å²) in [6, 6.07) is 1.49. The van der Waals surface area contributed by atoms with Crippen LogP contribution in [-0.4, -0.2) is 22.3 Å². The van der Waals surface area contributed by atoms with Gasteiger partial charge >= 0.3 is 5.97 Å². The van der Waals surface area contributed by atoms with Crippen LogP contribution in [0.25, 0.3) is 0 Å². The number of aromatic carboxylic acids is 1. The Kier molecular flexibility index (Phi) is 3.07. The van der Waals surface area contributed by atoms with Gasteiger partial charge in [-0.05, 0) is 13.0 Å². The Hall–Kier alpha value is -1.31. The second-order valence-corrected chi connectivity index (χ2v) is 3.36. The van der Waals surface area contributed by atoms with Crippen LogP contribution in [0.5, 0.6) is 0 Å². The van der Waals surface area contributed by atoms with Gasteiger partial charge in [0.05, 0.1) is 0 Å². The van der Waals surface area contributed by atoms with E-state index in [2.05, 4.69) is 11.8 Å². The molecule has 0 aliphatic rings. The maximum atomic E-state index is 10.5. The van der Waals surface area contributed by atoms with Crippen LogP contribution in [-0.2, 0) is 0 Å². The van der Waals surface area contributed by atoms with E-state index in [-0.39, 0.29) is 4.88 Å². The minimum absolute atomic E-state index is 0.259. The maximum Gasteiger partial charge on any atom is 0.345 e. The Labute approximate surface area is 79.6 Å². The van der Waals surface area contributed by atoms with Crippen molar-refractivity contribution in [3.8, 4) is 11.8 Å². The zero-order valence-electron chi connectivity index (χ0n) is 6.94. The third-order valence-corrected chi connectivity index (χ3v) is 2.15. The van der Waals surface area contributed by atoms with Crippen molar-refractivity contribution in [1.29, 1.82) is 0 Å². The van der Waals surface area contributed by atoms with E-state index in [0.29, 0.717) is 5.56 Å². The fourth-order valence-corrected chi connectivity index (χ4v) is 1.38. The molecule has 2 N–H and O–H groups in total. The first kappa shape index (κ1) is 9.78. The van der Waals surface area contributed by atoms with Crippen molar-refractivity contribution >= 4 is 17.3 Å². The van der Waals surface area contributed by atoms with E-state index in [9.17, 15) is 4.79 Å². The van der Waals surface area contributed by atoms with Gasteiger partial charge in [-0.3, -0.25) is 0 Å². The molecular weight excluding hydrogens is 188 g/mol. The highest BCUT2D eigenvalue weighted by atomic mass is 32.1. The molecule has 0 saturated heterocycles. The van der Waals surface area contributed by atoms with Crippen LogP contribution in [0.3, 0.4) is 0 Å². The number of aliphatic hydroxyl groups is 1. The Morgan fingerprint density at radius 1 is 1.69 bits per heavy atom. The number of carboxylic acid groups (broad SMARTS) is 1. The van der Waals surface area contributed by atoms with Gasteiger partial charge in [0, 0.05) is 10.9 Å². The molecule has 0 amide bonds. The van der Waals surface area contributed by atoms with E-state index in [1.807, 2.05) is 0 Å². The molecule has 1 aromatic heterocycles. The van der Waals surface area contributed by atoms with Crippen LogP contribution in [0.2, 0.25) is 0 Å². The van der Waals surface area contributed by atoms with Gasteiger partial charge in [-0.25, -0.2) is 4.79 Å². The van der Waals surface area contributed by atoms with Crippen LogP contribution in [0.4, 0.5) is 0 Å². The predicted octanol–water partition coefficient (Wildman–Crippen LogP) is 1.18. The molecule has 1 heterocycles. The van der Waals surface area contributed by atoms with E-state index in [4.69, 9.17) is 10.2 Å². The molecule has 4 heteroatoms. The number of hydrogen-bond acceptors (Lipinski definition) is 3. The summed E-state index contributed by atoms with van der Waals surface area (Å²) in [5.74, 6) is 4.25. The smallest absolute Gasteiger partial charge is 0.345 e. The summed E-state index contributed by atoms with van der Waals surface area (Å²) in [4.78, 5) is 10.7. The minimum atomic E-state index is -0.949. The van der Waals surface area contributed by atoms with Crippen LogP contribution >= 0.6 is 11.3 Å². The van der Waals surface area contributed by atoms with Crippen molar-refractivity contribution in [3.05, 3.63) is 21.9 Å². The largest absolute Gasteiger partial charge is 0.477 e. The van der Waals surface area contributed by atoms with Crippen LogP contribution in [0, 0.1) is 11.8 Å². The molecule has 0 unspecified atom stereocenters. The SMILES string of the molecule is C[C@@H](O)C#Cc1csc(C(=O)O)c1. The number of rotatable bonds is 1. The van der Waals surface area contributed by atoms with Crippen LogP contribution in [0.1, 0.15) is 22.2 Å². The number of aliphatic hydroxyl groups excluding tert-OH is 1. The highest BCUT2D eigenvalue weighted by Gasteiger charge is 2.04. The van der Waals surface area contributed by atoms with Gasteiger partial charge in [-0.2, -0.15) is 0 Å². The first-order chi connectivity index (χ1) is 6.09. The number of hydrogen-bond donors (Lipinski definition) is 2. The molecule has 13 heavy (non-hydrogen) atoms. The summed E-state index contributed by atoms with van der Waals surface area (Å²) in [6.07, 6.45) is -0.687. The molecule has 0 bridgehead atoms. The molecule has 0 fully saturated rings. The molecule has 68 valence electrons. The first-order valence-electron chi connectivity index (χ1n) is 3.61. The Morgan fingerprint density at radius 3 is 2.85 bits per heavy atom. The molecular formula is C9H8O3S. The zero-order valence-corrected chi connectivity index (χ0v) is 7.76. The normalized spacial score (nSPS) is 11.5. The van der Waals surface area contributed by atoms with Crippen molar-refractivity contribution in [1.82, 2.24) is 0 Å². The van der Waals surface area contributed by atoms with Gasteiger partial charge in [0.25, 0.3) is 0 Å². The number of thiophene rings is 1. The van der Waals surface area contributed by atoms with E-state index in [1.54, 1.807) is 12.3 Å². The van der Waals surface area contributed by atoms with E-state index < -0.39 is 12.1 Å². The summed E-state index contributed by atoms with van der Waals surface area (Å²) in [6.45, 7) is 1.55. The lowest BCUT2D eigenvalue weighted by Crippen LogP contribution is -1.92. The minimum Gasteiger partial charge on any atom is -0.477 e. The zero-order chi connectivity index (χ0) is 9.84. The van der Waals surface area contributed by atoms with Gasteiger partial charge in [-0.1, -0.05) is 11.8 Å².